The molecule has 1 radical (unpaired) electrons. The molecule has 4 heteroatoms. The van der Waals surface area contributed by atoms with E-state index in [1.165, 1.54) is 5.56 Å². The molecule has 25 heavy (non-hydrogen) atoms. The molecule has 121 valence electrons. The summed E-state index contributed by atoms with van der Waals surface area (Å²) in [5.74, 6) is 0.864. The third-order valence-corrected chi connectivity index (χ3v) is 5.29. The van der Waals surface area contributed by atoms with Gasteiger partial charge in [-0.1, -0.05) is 61.9 Å². The number of hydrogen-bond donors (Lipinski definition) is 0. The van der Waals surface area contributed by atoms with Crippen molar-refractivity contribution in [1.29, 1.82) is 0 Å². The van der Waals surface area contributed by atoms with Crippen LogP contribution in [0, 0.1) is 0 Å². The Hall–Kier alpha value is -1.71. The van der Waals surface area contributed by atoms with Gasteiger partial charge in [-0.25, -0.2) is 0 Å². The molecule has 5 rings (SSSR count). The first-order valence-corrected chi connectivity index (χ1v) is 8.19. The van der Waals surface area contributed by atoms with Crippen LogP contribution in [0.1, 0.15) is 25.0 Å². The maximum Gasteiger partial charge on any atom is 0.126 e. The second-order valence-corrected chi connectivity index (χ2v) is 6.93. The van der Waals surface area contributed by atoms with Crippen molar-refractivity contribution in [3.05, 3.63) is 77.2 Å². The van der Waals surface area contributed by atoms with Crippen LogP contribution in [-0.2, 0) is 38.1 Å². The molecule has 1 aromatic heterocycles. The van der Waals surface area contributed by atoms with E-state index in [0.717, 1.165) is 27.9 Å². The molecule has 3 heterocycles. The number of ether oxygens (including phenoxy) is 1. The Morgan fingerprint density at radius 2 is 1.84 bits per heavy atom. The normalized spacial score (nSPS) is 21.8. The second-order valence-electron chi connectivity index (χ2n) is 6.93. The minimum absolute atomic E-state index is 0. The first kappa shape index (κ1) is 16.7. The maximum atomic E-state index is 6.51. The number of nitrogens with zero attached hydrogens (tertiary/aromatic N) is 2. The number of pyridine rings is 1. The Morgan fingerprint density at radius 3 is 2.68 bits per heavy atom. The predicted octanol–water partition coefficient (Wildman–Crippen LogP) is 5.33. The van der Waals surface area contributed by atoms with Gasteiger partial charge in [0, 0.05) is 55.3 Å². The van der Waals surface area contributed by atoms with Crippen LogP contribution in [-0.4, -0.2) is 10.7 Å². The number of fused-ring (bicyclic) bond motifs is 4. The van der Waals surface area contributed by atoms with E-state index in [-0.39, 0.29) is 38.1 Å². The number of rotatable bonds is 0. The van der Waals surface area contributed by atoms with E-state index in [1.807, 2.05) is 30.5 Å². The SMILES string of the molecule is CC1(C)c2ccccc2[N-]C12C=Cc1c(ccc3ncccc13)O2.[Y]. The average molecular weight is 402 g/mol. The number of aromatic nitrogens is 1. The van der Waals surface area contributed by atoms with E-state index < -0.39 is 5.72 Å². The monoisotopic (exact) mass is 402 g/mol. The first-order valence-electron chi connectivity index (χ1n) is 8.19. The number of benzene rings is 2. The molecule has 2 aromatic carbocycles. The fourth-order valence-corrected chi connectivity index (χ4v) is 3.82. The molecule has 3 aromatic rings. The topological polar surface area (TPSA) is 36.2 Å². The molecule has 0 amide bonds. The van der Waals surface area contributed by atoms with Crippen LogP contribution >= 0.6 is 0 Å². The molecule has 2 aliphatic rings. The number of hydrogen-bond acceptors (Lipinski definition) is 2. The summed E-state index contributed by atoms with van der Waals surface area (Å²) >= 11 is 0. The average Bonchev–Trinajstić information content (AvgIpc) is 2.82. The smallest absolute Gasteiger partial charge is 0.126 e. The molecule has 0 saturated carbocycles. The van der Waals surface area contributed by atoms with Gasteiger partial charge in [-0.2, -0.15) is 0 Å². The molecule has 0 bridgehead atoms. The van der Waals surface area contributed by atoms with Crippen LogP contribution in [0.2, 0.25) is 0 Å². The molecule has 0 N–H and O–H groups in total. The minimum Gasteiger partial charge on any atom is -0.643 e. The zero-order valence-electron chi connectivity index (χ0n) is 14.2. The summed E-state index contributed by atoms with van der Waals surface area (Å²) in [6, 6.07) is 16.3. The van der Waals surface area contributed by atoms with Gasteiger partial charge in [0.1, 0.15) is 5.75 Å². The van der Waals surface area contributed by atoms with Gasteiger partial charge in [0.05, 0.1) is 11.2 Å². The van der Waals surface area contributed by atoms with Crippen molar-refractivity contribution in [1.82, 2.24) is 4.98 Å². The van der Waals surface area contributed by atoms with E-state index in [0.29, 0.717) is 0 Å². The zero-order valence-corrected chi connectivity index (χ0v) is 17.1. The van der Waals surface area contributed by atoms with Crippen molar-refractivity contribution in [3.63, 3.8) is 0 Å². The summed E-state index contributed by atoms with van der Waals surface area (Å²) in [6.07, 6.45) is 6.05. The maximum absolute atomic E-state index is 6.51. The largest absolute Gasteiger partial charge is 0.643 e. The van der Waals surface area contributed by atoms with Crippen molar-refractivity contribution in [2.24, 2.45) is 0 Å². The molecule has 0 saturated heterocycles. The van der Waals surface area contributed by atoms with Crippen LogP contribution in [0.15, 0.2) is 60.8 Å². The van der Waals surface area contributed by atoms with E-state index in [2.05, 4.69) is 55.2 Å². The zero-order chi connectivity index (χ0) is 16.4. The summed E-state index contributed by atoms with van der Waals surface area (Å²) in [5, 5.41) is 6.06. The van der Waals surface area contributed by atoms with Crippen LogP contribution in [0.5, 0.6) is 5.75 Å². The Labute approximate surface area is 172 Å². The van der Waals surface area contributed by atoms with Crippen molar-refractivity contribution in [2.75, 3.05) is 0 Å². The molecule has 0 fully saturated rings. The third kappa shape index (κ3) is 2.22. The standard InChI is InChI=1S/C21H17N2O.Y/c1-20(2)16-7-3-4-8-18(16)23-21(20)12-11-15-14-6-5-13-22-17(14)9-10-19(15)24-21;/h3-13H,1-2H3;/q-1;. The summed E-state index contributed by atoms with van der Waals surface area (Å²) in [7, 11) is 0. The van der Waals surface area contributed by atoms with E-state index in [1.54, 1.807) is 0 Å². The van der Waals surface area contributed by atoms with E-state index >= 15 is 0 Å². The van der Waals surface area contributed by atoms with Crippen molar-refractivity contribution in [3.8, 4) is 5.75 Å². The van der Waals surface area contributed by atoms with Crippen LogP contribution < -0.4 is 4.74 Å². The van der Waals surface area contributed by atoms with Gasteiger partial charge in [0.2, 0.25) is 0 Å². The second kappa shape index (κ2) is 5.65. The summed E-state index contributed by atoms with van der Waals surface area (Å²) in [4.78, 5) is 4.43. The number of para-hydroxylation sites is 1. The predicted molar refractivity (Wildman–Crippen MR) is 96.6 cm³/mol. The van der Waals surface area contributed by atoms with Gasteiger partial charge in [-0.3, -0.25) is 4.98 Å². The summed E-state index contributed by atoms with van der Waals surface area (Å²) in [6.45, 7) is 4.39. The van der Waals surface area contributed by atoms with Crippen LogP contribution in [0.3, 0.4) is 0 Å². The van der Waals surface area contributed by atoms with Gasteiger partial charge in [-0.05, 0) is 18.2 Å². The fraction of sp³-hybridized carbons (Fsp3) is 0.190. The molecular formula is C21H17N2OY-. The Balaban J connectivity index is 0.00000157. The minimum atomic E-state index is -0.695. The van der Waals surface area contributed by atoms with Gasteiger partial charge < -0.3 is 10.1 Å². The summed E-state index contributed by atoms with van der Waals surface area (Å²) < 4.78 is 6.51. The van der Waals surface area contributed by atoms with Crippen LogP contribution in [0.4, 0.5) is 5.69 Å². The molecule has 0 aliphatic carbocycles. The van der Waals surface area contributed by atoms with Crippen LogP contribution in [0.25, 0.3) is 22.3 Å². The molecule has 3 nitrogen and oxygen atoms in total. The van der Waals surface area contributed by atoms with Gasteiger partial charge in [0.25, 0.3) is 0 Å². The molecular weight excluding hydrogens is 385 g/mol. The Morgan fingerprint density at radius 1 is 1.00 bits per heavy atom. The quantitative estimate of drug-likeness (QED) is 0.510. The van der Waals surface area contributed by atoms with E-state index in [4.69, 9.17) is 10.1 Å². The molecule has 1 atom stereocenters. The van der Waals surface area contributed by atoms with Gasteiger partial charge in [0.15, 0.2) is 0 Å². The van der Waals surface area contributed by atoms with Gasteiger partial charge in [-0.15, -0.1) is 5.69 Å². The molecule has 1 spiro atoms. The van der Waals surface area contributed by atoms with Crippen molar-refractivity contribution >= 4 is 22.7 Å². The molecule has 2 aliphatic heterocycles. The third-order valence-electron chi connectivity index (χ3n) is 5.29. The first-order chi connectivity index (χ1) is 11.6. The Bertz CT molecular complexity index is 1010. The van der Waals surface area contributed by atoms with E-state index in [9.17, 15) is 0 Å². The Kier molecular flexibility index (Phi) is 3.79. The van der Waals surface area contributed by atoms with Crippen molar-refractivity contribution in [2.45, 2.75) is 25.0 Å². The van der Waals surface area contributed by atoms with Crippen molar-refractivity contribution < 1.29 is 37.4 Å². The fourth-order valence-electron chi connectivity index (χ4n) is 3.82. The summed E-state index contributed by atoms with van der Waals surface area (Å²) in [5.41, 5.74) is 3.36. The van der Waals surface area contributed by atoms with Gasteiger partial charge >= 0.3 is 0 Å². The molecule has 1 unspecified atom stereocenters.